The maximum absolute atomic E-state index is 5.86. The summed E-state index contributed by atoms with van der Waals surface area (Å²) in [5.74, 6) is 0.995. The molecule has 2 heterocycles. The molecule has 0 aliphatic heterocycles. The average Bonchev–Trinajstić information content (AvgIpc) is 2.74. The largest absolute Gasteiger partial charge is 0.479 e. The van der Waals surface area contributed by atoms with Crippen molar-refractivity contribution in [3.8, 4) is 5.88 Å². The lowest BCUT2D eigenvalue weighted by molar-refractivity contribution is 0.399. The van der Waals surface area contributed by atoms with Crippen LogP contribution in [0.25, 0.3) is 0 Å². The quantitative estimate of drug-likeness (QED) is 0.868. The van der Waals surface area contributed by atoms with E-state index < -0.39 is 0 Å². The number of nitrogen functional groups attached to an aromatic ring is 1. The third-order valence-corrected chi connectivity index (χ3v) is 3.45. The van der Waals surface area contributed by atoms with Gasteiger partial charge in [0.1, 0.15) is 12.0 Å². The van der Waals surface area contributed by atoms with Crippen molar-refractivity contribution in [2.75, 3.05) is 18.2 Å². The van der Waals surface area contributed by atoms with E-state index in [1.807, 2.05) is 0 Å². The van der Waals surface area contributed by atoms with Gasteiger partial charge in [0.25, 0.3) is 0 Å². The van der Waals surface area contributed by atoms with E-state index in [2.05, 4.69) is 33.7 Å². The zero-order valence-electron chi connectivity index (χ0n) is 9.73. The first-order valence-electron chi connectivity index (χ1n) is 5.13. The van der Waals surface area contributed by atoms with Crippen LogP contribution >= 0.6 is 11.3 Å². The van der Waals surface area contributed by atoms with Crippen LogP contribution in [0.4, 0.5) is 11.5 Å². The molecule has 0 atom stereocenters. The number of thiophene rings is 1. The van der Waals surface area contributed by atoms with Crippen LogP contribution in [0.2, 0.25) is 0 Å². The minimum absolute atomic E-state index is 0.394. The van der Waals surface area contributed by atoms with Gasteiger partial charge in [-0.3, -0.25) is 0 Å². The molecule has 2 aromatic rings. The Morgan fingerprint density at radius 3 is 2.94 bits per heavy atom. The Bertz CT molecular complexity index is 512. The maximum atomic E-state index is 5.86. The summed E-state index contributed by atoms with van der Waals surface area (Å²) in [6, 6.07) is 2.09. The summed E-state index contributed by atoms with van der Waals surface area (Å²) in [5.41, 5.74) is 7.56. The lowest BCUT2D eigenvalue weighted by Crippen LogP contribution is -2.06. The van der Waals surface area contributed by atoms with Gasteiger partial charge in [0.2, 0.25) is 5.88 Å². The summed E-state index contributed by atoms with van der Waals surface area (Å²) in [7, 11) is 1.53. The summed E-state index contributed by atoms with van der Waals surface area (Å²) in [6.07, 6.45) is 1.43. The summed E-state index contributed by atoms with van der Waals surface area (Å²) >= 11 is 1.71. The van der Waals surface area contributed by atoms with E-state index in [0.717, 1.165) is 0 Å². The number of hydrogen-bond acceptors (Lipinski definition) is 6. The average molecular weight is 250 g/mol. The summed E-state index contributed by atoms with van der Waals surface area (Å²) in [6.45, 7) is 2.78. The highest BCUT2D eigenvalue weighted by Crippen LogP contribution is 2.25. The van der Waals surface area contributed by atoms with Gasteiger partial charge in [-0.2, -0.15) is 4.98 Å². The molecule has 0 amide bonds. The fourth-order valence-corrected chi connectivity index (χ4v) is 2.28. The molecule has 0 aromatic carbocycles. The van der Waals surface area contributed by atoms with Crippen LogP contribution in [0.3, 0.4) is 0 Å². The molecule has 0 bridgehead atoms. The second kappa shape index (κ2) is 5.01. The Morgan fingerprint density at radius 1 is 1.47 bits per heavy atom. The van der Waals surface area contributed by atoms with Crippen LogP contribution in [0, 0.1) is 6.92 Å². The molecule has 0 aliphatic carbocycles. The number of nitrogens with one attached hydrogen (secondary N) is 1. The Labute approximate surface area is 104 Å². The van der Waals surface area contributed by atoms with Crippen LogP contribution < -0.4 is 15.8 Å². The van der Waals surface area contributed by atoms with E-state index >= 15 is 0 Å². The lowest BCUT2D eigenvalue weighted by Gasteiger charge is -2.09. The summed E-state index contributed by atoms with van der Waals surface area (Å²) in [5, 5.41) is 5.25. The molecular formula is C11H14N4OS. The van der Waals surface area contributed by atoms with E-state index in [-0.39, 0.29) is 0 Å². The second-order valence-corrected chi connectivity index (χ2v) is 4.53. The molecular weight excluding hydrogens is 236 g/mol. The lowest BCUT2D eigenvalue weighted by atomic mass is 10.3. The topological polar surface area (TPSA) is 73.1 Å². The highest BCUT2D eigenvalue weighted by Gasteiger charge is 2.08. The van der Waals surface area contributed by atoms with E-state index in [0.29, 0.717) is 23.9 Å². The van der Waals surface area contributed by atoms with Crippen molar-refractivity contribution in [2.45, 2.75) is 13.5 Å². The Balaban J connectivity index is 2.12. The van der Waals surface area contributed by atoms with Crippen LogP contribution in [0.5, 0.6) is 5.88 Å². The van der Waals surface area contributed by atoms with Gasteiger partial charge in [-0.15, -0.1) is 11.3 Å². The van der Waals surface area contributed by atoms with E-state index in [1.165, 1.54) is 23.9 Å². The van der Waals surface area contributed by atoms with Crippen molar-refractivity contribution in [2.24, 2.45) is 0 Å². The van der Waals surface area contributed by atoms with Crippen LogP contribution in [-0.2, 0) is 6.54 Å². The molecule has 0 saturated carbocycles. The zero-order valence-corrected chi connectivity index (χ0v) is 10.5. The third-order valence-electron chi connectivity index (χ3n) is 2.43. The highest BCUT2D eigenvalue weighted by molar-refractivity contribution is 7.10. The summed E-state index contributed by atoms with van der Waals surface area (Å²) < 4.78 is 5.03. The zero-order chi connectivity index (χ0) is 12.3. The molecule has 2 rings (SSSR count). The number of aromatic nitrogens is 2. The van der Waals surface area contributed by atoms with Crippen LogP contribution in [0.1, 0.15) is 10.4 Å². The van der Waals surface area contributed by atoms with Crippen molar-refractivity contribution in [3.63, 3.8) is 0 Å². The maximum Gasteiger partial charge on any atom is 0.242 e. The molecule has 17 heavy (non-hydrogen) atoms. The molecule has 0 spiro atoms. The number of hydrogen-bond donors (Lipinski definition) is 2. The van der Waals surface area contributed by atoms with Crippen molar-refractivity contribution >= 4 is 22.8 Å². The smallest absolute Gasteiger partial charge is 0.242 e. The third kappa shape index (κ3) is 2.47. The van der Waals surface area contributed by atoms with Gasteiger partial charge in [0.05, 0.1) is 13.7 Å². The number of nitrogens with zero attached hydrogens (tertiary/aromatic N) is 2. The van der Waals surface area contributed by atoms with Crippen molar-refractivity contribution in [1.29, 1.82) is 0 Å². The summed E-state index contributed by atoms with van der Waals surface area (Å²) in [4.78, 5) is 9.28. The number of methoxy groups -OCH3 is 1. The molecule has 3 N–H and O–H groups in total. The van der Waals surface area contributed by atoms with E-state index in [9.17, 15) is 0 Å². The molecule has 2 aromatic heterocycles. The minimum Gasteiger partial charge on any atom is -0.479 e. The molecule has 0 saturated heterocycles. The normalized spacial score (nSPS) is 10.2. The Hall–Kier alpha value is -1.82. The first kappa shape index (κ1) is 11.7. The van der Waals surface area contributed by atoms with Crippen molar-refractivity contribution in [3.05, 3.63) is 28.2 Å². The van der Waals surface area contributed by atoms with Gasteiger partial charge in [0, 0.05) is 4.88 Å². The molecule has 5 nitrogen and oxygen atoms in total. The molecule has 0 unspecified atom stereocenters. The Morgan fingerprint density at radius 2 is 2.29 bits per heavy atom. The van der Waals surface area contributed by atoms with Gasteiger partial charge in [-0.25, -0.2) is 4.98 Å². The fraction of sp³-hybridized carbons (Fsp3) is 0.273. The monoisotopic (exact) mass is 250 g/mol. The van der Waals surface area contributed by atoms with E-state index in [4.69, 9.17) is 10.5 Å². The molecule has 90 valence electrons. The highest BCUT2D eigenvalue weighted by atomic mass is 32.1. The Kier molecular flexibility index (Phi) is 3.43. The standard InChI is InChI=1S/C11H14N4OS/c1-7-3-4-17-8(7)5-13-10-9(12)11(16-2)15-6-14-10/h3-4,6H,5,12H2,1-2H3,(H,13,14,15). The fourth-order valence-electron chi connectivity index (χ4n) is 1.43. The van der Waals surface area contributed by atoms with Crippen molar-refractivity contribution < 1.29 is 4.74 Å². The van der Waals surface area contributed by atoms with Gasteiger partial charge in [-0.1, -0.05) is 0 Å². The van der Waals surface area contributed by atoms with E-state index in [1.54, 1.807) is 11.3 Å². The number of anilines is 2. The molecule has 0 fully saturated rings. The van der Waals surface area contributed by atoms with Crippen molar-refractivity contribution in [1.82, 2.24) is 9.97 Å². The predicted molar refractivity (Wildman–Crippen MR) is 69.4 cm³/mol. The molecule has 0 aliphatic rings. The molecule has 0 radical (unpaired) electrons. The number of ether oxygens (including phenoxy) is 1. The number of aryl methyl sites for hydroxylation is 1. The first-order chi connectivity index (χ1) is 8.22. The van der Waals surface area contributed by atoms with Gasteiger partial charge >= 0.3 is 0 Å². The SMILES string of the molecule is COc1ncnc(NCc2sccc2C)c1N. The van der Waals surface area contributed by atoms with Gasteiger partial charge < -0.3 is 15.8 Å². The van der Waals surface area contributed by atoms with Gasteiger partial charge in [-0.05, 0) is 23.9 Å². The molecule has 6 heteroatoms. The first-order valence-corrected chi connectivity index (χ1v) is 6.01. The number of rotatable bonds is 4. The predicted octanol–water partition coefficient (Wildman–Crippen LogP) is 2.05. The number of nitrogens with two attached hydrogens (primary N) is 1. The minimum atomic E-state index is 0.394. The second-order valence-electron chi connectivity index (χ2n) is 3.53. The van der Waals surface area contributed by atoms with Gasteiger partial charge in [0.15, 0.2) is 5.82 Å². The van der Waals surface area contributed by atoms with Crippen LogP contribution in [0.15, 0.2) is 17.8 Å². The van der Waals surface area contributed by atoms with Crippen LogP contribution in [-0.4, -0.2) is 17.1 Å².